The molecule has 1 rings (SSSR count). The van der Waals surface area contributed by atoms with Gasteiger partial charge in [0.25, 0.3) is 0 Å². The van der Waals surface area contributed by atoms with Gasteiger partial charge in [0.15, 0.2) is 0 Å². The van der Waals surface area contributed by atoms with E-state index < -0.39 is 9.05 Å². The summed E-state index contributed by atoms with van der Waals surface area (Å²) in [7, 11) is 1.73. The molecule has 0 aliphatic rings. The molecule has 1 aromatic carbocycles. The topological polar surface area (TPSA) is 43.4 Å². The van der Waals surface area contributed by atoms with E-state index >= 15 is 0 Å². The number of ether oxygens (including phenoxy) is 1. The summed E-state index contributed by atoms with van der Waals surface area (Å²) in [6.45, 7) is 8.70. The summed E-state index contributed by atoms with van der Waals surface area (Å²) >= 11 is 0. The van der Waals surface area contributed by atoms with Crippen molar-refractivity contribution in [1.29, 1.82) is 0 Å². The predicted molar refractivity (Wildman–Crippen MR) is 79.6 cm³/mol. The zero-order chi connectivity index (χ0) is 14.7. The molecule has 0 aliphatic heterocycles. The van der Waals surface area contributed by atoms with Gasteiger partial charge >= 0.3 is 0 Å². The highest BCUT2D eigenvalue weighted by Gasteiger charge is 2.19. The molecule has 108 valence electrons. The fourth-order valence-electron chi connectivity index (χ4n) is 1.78. The first kappa shape index (κ1) is 16.3. The quantitative estimate of drug-likeness (QED) is 0.616. The Morgan fingerprint density at radius 1 is 1.26 bits per heavy atom. The van der Waals surface area contributed by atoms with Crippen LogP contribution in [0, 0.1) is 6.92 Å². The Kier molecular flexibility index (Phi) is 5.27. The van der Waals surface area contributed by atoms with Crippen LogP contribution < -0.4 is 4.74 Å². The Morgan fingerprint density at radius 3 is 2.42 bits per heavy atom. The van der Waals surface area contributed by atoms with Gasteiger partial charge in [-0.05, 0) is 36.0 Å². The molecule has 0 aliphatic carbocycles. The third kappa shape index (κ3) is 5.83. The van der Waals surface area contributed by atoms with Crippen molar-refractivity contribution in [2.24, 2.45) is 0 Å². The Balaban J connectivity index is 2.75. The van der Waals surface area contributed by atoms with Crippen LogP contribution in [-0.2, 0) is 14.5 Å². The van der Waals surface area contributed by atoms with E-state index in [4.69, 9.17) is 15.4 Å². The zero-order valence-electron chi connectivity index (χ0n) is 11.9. The molecular weight excluding hydrogens is 284 g/mol. The SMILES string of the molecule is Cc1ccc(C(C)(C)C)c(OCCCS(=O)(=O)Cl)c1. The Morgan fingerprint density at radius 2 is 1.89 bits per heavy atom. The lowest BCUT2D eigenvalue weighted by Crippen LogP contribution is -2.14. The molecule has 0 aromatic heterocycles. The van der Waals surface area contributed by atoms with Crippen LogP contribution in [0.5, 0.6) is 5.75 Å². The smallest absolute Gasteiger partial charge is 0.232 e. The maximum atomic E-state index is 10.8. The Hall–Kier alpha value is -0.740. The first-order chi connectivity index (χ1) is 8.59. The third-order valence-corrected chi connectivity index (χ3v) is 3.97. The fourth-order valence-corrected chi connectivity index (χ4v) is 2.57. The lowest BCUT2D eigenvalue weighted by atomic mass is 9.86. The normalized spacial score (nSPS) is 12.5. The molecule has 0 atom stereocenters. The van der Waals surface area contributed by atoms with Gasteiger partial charge in [0, 0.05) is 10.7 Å². The summed E-state index contributed by atoms with van der Waals surface area (Å²) in [6, 6.07) is 6.09. The summed E-state index contributed by atoms with van der Waals surface area (Å²) in [5.74, 6) is 0.755. The number of benzene rings is 1. The largest absolute Gasteiger partial charge is 0.493 e. The fraction of sp³-hybridized carbons (Fsp3) is 0.571. The second-order valence-electron chi connectivity index (χ2n) is 5.69. The zero-order valence-corrected chi connectivity index (χ0v) is 13.4. The molecule has 0 amide bonds. The van der Waals surface area contributed by atoms with Crippen molar-refractivity contribution in [3.8, 4) is 5.75 Å². The van der Waals surface area contributed by atoms with Crippen molar-refractivity contribution >= 4 is 19.7 Å². The van der Waals surface area contributed by atoms with Crippen LogP contribution in [0.15, 0.2) is 18.2 Å². The van der Waals surface area contributed by atoms with E-state index in [-0.39, 0.29) is 11.2 Å². The molecule has 0 saturated heterocycles. The number of rotatable bonds is 5. The highest BCUT2D eigenvalue weighted by Crippen LogP contribution is 2.32. The molecule has 0 saturated carbocycles. The molecule has 19 heavy (non-hydrogen) atoms. The minimum atomic E-state index is -3.43. The summed E-state index contributed by atoms with van der Waals surface area (Å²) in [6.07, 6.45) is 0.392. The Labute approximate surface area is 120 Å². The first-order valence-corrected chi connectivity index (χ1v) is 8.74. The van der Waals surface area contributed by atoms with Crippen LogP contribution >= 0.6 is 10.7 Å². The summed E-state index contributed by atoms with van der Waals surface area (Å²) in [4.78, 5) is 0. The monoisotopic (exact) mass is 304 g/mol. The van der Waals surface area contributed by atoms with E-state index in [0.717, 1.165) is 16.9 Å². The predicted octanol–water partition coefficient (Wildman–Crippen LogP) is 3.63. The molecule has 0 spiro atoms. The van der Waals surface area contributed by atoms with Gasteiger partial charge in [-0.3, -0.25) is 0 Å². The van der Waals surface area contributed by atoms with Crippen molar-refractivity contribution in [3.05, 3.63) is 29.3 Å². The van der Waals surface area contributed by atoms with Gasteiger partial charge in [-0.25, -0.2) is 8.42 Å². The second kappa shape index (κ2) is 6.14. The van der Waals surface area contributed by atoms with Crippen molar-refractivity contribution in [3.63, 3.8) is 0 Å². The lowest BCUT2D eigenvalue weighted by Gasteiger charge is -2.23. The van der Waals surface area contributed by atoms with Crippen molar-refractivity contribution in [1.82, 2.24) is 0 Å². The van der Waals surface area contributed by atoms with Crippen molar-refractivity contribution in [2.75, 3.05) is 12.4 Å². The second-order valence-corrected chi connectivity index (χ2v) is 8.59. The minimum absolute atomic E-state index is 0.0123. The van der Waals surface area contributed by atoms with Crippen molar-refractivity contribution in [2.45, 2.75) is 39.5 Å². The molecular formula is C14H21ClO3S. The summed E-state index contributed by atoms with van der Waals surface area (Å²) < 4.78 is 27.4. The van der Waals surface area contributed by atoms with Gasteiger partial charge in [-0.1, -0.05) is 32.9 Å². The maximum Gasteiger partial charge on any atom is 0.232 e. The molecule has 5 heteroatoms. The number of hydrogen-bond acceptors (Lipinski definition) is 3. The maximum absolute atomic E-state index is 10.8. The van der Waals surface area contributed by atoms with E-state index in [9.17, 15) is 8.42 Å². The van der Waals surface area contributed by atoms with Gasteiger partial charge in [0.05, 0.1) is 12.4 Å². The molecule has 0 N–H and O–H groups in total. The molecule has 0 unspecified atom stereocenters. The van der Waals surface area contributed by atoms with Gasteiger partial charge in [-0.15, -0.1) is 0 Å². The standard InChI is InChI=1S/C14H21ClO3S/c1-11-6-7-12(14(2,3)4)13(10-11)18-8-5-9-19(15,16)17/h6-7,10H,5,8-9H2,1-4H3. The van der Waals surface area contributed by atoms with E-state index in [1.54, 1.807) is 0 Å². The molecule has 3 nitrogen and oxygen atoms in total. The van der Waals surface area contributed by atoms with E-state index in [0.29, 0.717) is 13.0 Å². The van der Waals surface area contributed by atoms with Gasteiger partial charge in [0.2, 0.25) is 9.05 Å². The average molecular weight is 305 g/mol. The van der Waals surface area contributed by atoms with Gasteiger partial charge in [0.1, 0.15) is 5.75 Å². The molecule has 0 radical (unpaired) electrons. The van der Waals surface area contributed by atoms with Crippen LogP contribution in [0.25, 0.3) is 0 Å². The van der Waals surface area contributed by atoms with E-state index in [1.165, 1.54) is 0 Å². The van der Waals surface area contributed by atoms with E-state index in [1.807, 2.05) is 13.0 Å². The molecule has 0 fully saturated rings. The Bertz CT molecular complexity index is 530. The molecule has 1 aromatic rings. The summed E-state index contributed by atoms with van der Waals surface area (Å²) in [5, 5.41) is 0. The molecule has 0 heterocycles. The van der Waals surface area contributed by atoms with Gasteiger partial charge in [-0.2, -0.15) is 0 Å². The first-order valence-electron chi connectivity index (χ1n) is 6.26. The lowest BCUT2D eigenvalue weighted by molar-refractivity contribution is 0.309. The highest BCUT2D eigenvalue weighted by atomic mass is 35.7. The molecule has 0 bridgehead atoms. The van der Waals surface area contributed by atoms with Crippen molar-refractivity contribution < 1.29 is 13.2 Å². The van der Waals surface area contributed by atoms with Crippen LogP contribution in [0.3, 0.4) is 0 Å². The average Bonchev–Trinajstić information content (AvgIpc) is 2.21. The van der Waals surface area contributed by atoms with Crippen LogP contribution in [0.4, 0.5) is 0 Å². The van der Waals surface area contributed by atoms with Gasteiger partial charge < -0.3 is 4.74 Å². The van der Waals surface area contributed by atoms with Crippen LogP contribution in [0.1, 0.15) is 38.3 Å². The highest BCUT2D eigenvalue weighted by molar-refractivity contribution is 8.13. The third-order valence-electron chi connectivity index (χ3n) is 2.74. The number of hydrogen-bond donors (Lipinski definition) is 0. The van der Waals surface area contributed by atoms with Crippen LogP contribution in [-0.4, -0.2) is 20.8 Å². The van der Waals surface area contributed by atoms with E-state index in [2.05, 4.69) is 32.9 Å². The number of aryl methyl sites for hydroxylation is 1. The minimum Gasteiger partial charge on any atom is -0.493 e. The summed E-state index contributed by atoms with van der Waals surface area (Å²) in [5.41, 5.74) is 2.22. The van der Waals surface area contributed by atoms with Crippen LogP contribution in [0.2, 0.25) is 0 Å². The number of halogens is 1.